The molecule has 0 spiro atoms. The van der Waals surface area contributed by atoms with Gasteiger partial charge in [0.2, 0.25) is 10.0 Å². The smallest absolute Gasteiger partial charge is 0.407 e. The lowest BCUT2D eigenvalue weighted by Crippen LogP contribution is -2.38. The summed E-state index contributed by atoms with van der Waals surface area (Å²) >= 11 is 0. The van der Waals surface area contributed by atoms with Gasteiger partial charge >= 0.3 is 6.09 Å². The second-order valence-electron chi connectivity index (χ2n) is 7.96. The number of halogens is 2. The second kappa shape index (κ2) is 10.2. The third-order valence-electron chi connectivity index (χ3n) is 5.38. The fourth-order valence-corrected chi connectivity index (χ4v) is 4.49. The van der Waals surface area contributed by atoms with E-state index in [1.165, 1.54) is 18.1 Å². The summed E-state index contributed by atoms with van der Waals surface area (Å²) in [5.74, 6) is -1.47. The molecule has 34 heavy (non-hydrogen) atoms. The molecule has 3 N–H and O–H groups in total. The van der Waals surface area contributed by atoms with Crippen LogP contribution in [0.3, 0.4) is 0 Å². The molecule has 0 fully saturated rings. The molecule has 0 aliphatic rings. The molecular formula is C23H26F2N4O4S. The predicted molar refractivity (Wildman–Crippen MR) is 129 cm³/mol. The zero-order valence-electron chi connectivity index (χ0n) is 19.0. The summed E-state index contributed by atoms with van der Waals surface area (Å²) in [4.78, 5) is 16.5. The van der Waals surface area contributed by atoms with Gasteiger partial charge in [0, 0.05) is 31.2 Å². The van der Waals surface area contributed by atoms with E-state index in [0.717, 1.165) is 17.5 Å². The van der Waals surface area contributed by atoms with Crippen molar-refractivity contribution in [3.63, 3.8) is 0 Å². The van der Waals surface area contributed by atoms with Gasteiger partial charge in [-0.05, 0) is 48.6 Å². The van der Waals surface area contributed by atoms with Crippen molar-refractivity contribution in [2.45, 2.75) is 26.3 Å². The molecule has 1 aromatic heterocycles. The Kier molecular flexibility index (Phi) is 7.55. The summed E-state index contributed by atoms with van der Waals surface area (Å²) in [5, 5.41) is 13.5. The Morgan fingerprint density at radius 3 is 2.59 bits per heavy atom. The van der Waals surface area contributed by atoms with Crippen LogP contribution in [-0.2, 0) is 10.0 Å². The number of pyridine rings is 1. The Morgan fingerprint density at radius 2 is 1.91 bits per heavy atom. The van der Waals surface area contributed by atoms with Gasteiger partial charge in [0.25, 0.3) is 0 Å². The molecule has 1 atom stereocenters. The third kappa shape index (κ3) is 5.71. The third-order valence-corrected chi connectivity index (χ3v) is 6.86. The molecule has 1 heterocycles. The molecule has 2 aromatic carbocycles. The first-order chi connectivity index (χ1) is 16.0. The molecule has 3 rings (SSSR count). The van der Waals surface area contributed by atoms with Crippen LogP contribution in [0.4, 0.5) is 25.1 Å². The fraction of sp³-hybridized carbons (Fsp3) is 0.304. The van der Waals surface area contributed by atoms with Crippen LogP contribution in [0.1, 0.15) is 20.3 Å². The van der Waals surface area contributed by atoms with E-state index in [0.29, 0.717) is 24.2 Å². The van der Waals surface area contributed by atoms with Crippen LogP contribution in [-0.4, -0.2) is 54.9 Å². The van der Waals surface area contributed by atoms with Crippen molar-refractivity contribution in [1.29, 1.82) is 0 Å². The van der Waals surface area contributed by atoms with Gasteiger partial charge in [0.05, 0.1) is 17.0 Å². The van der Waals surface area contributed by atoms with Crippen molar-refractivity contribution in [1.82, 2.24) is 9.88 Å². The predicted octanol–water partition coefficient (Wildman–Crippen LogP) is 4.74. The highest BCUT2D eigenvalue weighted by molar-refractivity contribution is 7.92. The number of benzene rings is 2. The van der Waals surface area contributed by atoms with Crippen molar-refractivity contribution in [3.05, 3.63) is 54.2 Å². The lowest BCUT2D eigenvalue weighted by atomic mass is 10.0. The van der Waals surface area contributed by atoms with E-state index < -0.39 is 27.8 Å². The molecule has 3 aromatic rings. The van der Waals surface area contributed by atoms with Crippen LogP contribution in [0, 0.1) is 11.6 Å². The number of amides is 1. The molecule has 8 nitrogen and oxygen atoms in total. The summed E-state index contributed by atoms with van der Waals surface area (Å²) in [7, 11) is -2.27. The molecule has 0 saturated heterocycles. The number of fused-ring (bicyclic) bond motifs is 1. The number of hydrogen-bond acceptors (Lipinski definition) is 5. The molecule has 0 aliphatic heterocycles. The number of sulfonamides is 1. The van der Waals surface area contributed by atoms with Gasteiger partial charge in [0.15, 0.2) is 5.82 Å². The first kappa shape index (κ1) is 25.2. The largest absolute Gasteiger partial charge is 0.465 e. The van der Waals surface area contributed by atoms with Gasteiger partial charge < -0.3 is 15.3 Å². The summed E-state index contributed by atoms with van der Waals surface area (Å²) < 4.78 is 55.9. The highest BCUT2D eigenvalue weighted by Gasteiger charge is 2.19. The van der Waals surface area contributed by atoms with Crippen LogP contribution >= 0.6 is 0 Å². The maximum absolute atomic E-state index is 15.1. The number of likely N-dealkylation sites (N-methyl/N-ethyl adjacent to an activating group) is 1. The van der Waals surface area contributed by atoms with Gasteiger partial charge in [-0.2, -0.15) is 0 Å². The average Bonchev–Trinajstić information content (AvgIpc) is 2.78. The van der Waals surface area contributed by atoms with Crippen molar-refractivity contribution in [2.75, 3.05) is 29.4 Å². The lowest BCUT2D eigenvalue weighted by Gasteiger charge is -2.22. The highest BCUT2D eigenvalue weighted by Crippen LogP contribution is 2.33. The minimum atomic E-state index is -3.75. The number of rotatable bonds is 9. The van der Waals surface area contributed by atoms with E-state index in [1.807, 2.05) is 0 Å². The molecule has 0 radical (unpaired) electrons. The minimum absolute atomic E-state index is 0.178. The number of carboxylic acid groups (broad SMARTS) is 1. The van der Waals surface area contributed by atoms with Gasteiger partial charge in [-0.25, -0.2) is 27.0 Å². The van der Waals surface area contributed by atoms with Gasteiger partial charge in [0.1, 0.15) is 11.6 Å². The standard InChI is InChI=1S/C23H26F2N4O4S/c1-4-9-34(32,33)28-19-8-7-18(24)21(22(19)25)16-6-5-15-11-20(27-13-17(15)10-16)26-12-14(2)29(3)23(30)31/h5-8,10-11,13-14,28H,4,9,12H2,1-3H3,(H,26,27)(H,30,31). The molecule has 0 saturated carbocycles. The van der Waals surface area contributed by atoms with E-state index in [4.69, 9.17) is 5.11 Å². The zero-order chi connectivity index (χ0) is 25.0. The number of carbonyl (C=O) groups is 1. The average molecular weight is 493 g/mol. The van der Waals surface area contributed by atoms with Crippen molar-refractivity contribution in [2.24, 2.45) is 0 Å². The first-order valence-electron chi connectivity index (χ1n) is 10.6. The monoisotopic (exact) mass is 492 g/mol. The number of nitrogens with zero attached hydrogens (tertiary/aromatic N) is 2. The maximum Gasteiger partial charge on any atom is 0.407 e. The normalized spacial score (nSPS) is 12.4. The molecule has 182 valence electrons. The number of anilines is 2. The maximum atomic E-state index is 15.1. The summed E-state index contributed by atoms with van der Waals surface area (Å²) in [6.07, 6.45) is 0.861. The van der Waals surface area contributed by atoms with E-state index in [1.54, 1.807) is 38.1 Å². The number of hydrogen-bond donors (Lipinski definition) is 3. The van der Waals surface area contributed by atoms with Gasteiger partial charge in [-0.3, -0.25) is 4.72 Å². The second-order valence-corrected chi connectivity index (χ2v) is 9.80. The van der Waals surface area contributed by atoms with Crippen molar-refractivity contribution in [3.8, 4) is 11.1 Å². The van der Waals surface area contributed by atoms with E-state index in [9.17, 15) is 17.6 Å². The highest BCUT2D eigenvalue weighted by atomic mass is 32.2. The van der Waals surface area contributed by atoms with Crippen LogP contribution in [0.15, 0.2) is 42.6 Å². The Morgan fingerprint density at radius 1 is 1.18 bits per heavy atom. The van der Waals surface area contributed by atoms with E-state index >= 15 is 4.39 Å². The van der Waals surface area contributed by atoms with Crippen LogP contribution in [0.25, 0.3) is 21.9 Å². The Bertz CT molecular complexity index is 1320. The van der Waals surface area contributed by atoms with E-state index in [2.05, 4.69) is 15.0 Å². The minimum Gasteiger partial charge on any atom is -0.465 e. The van der Waals surface area contributed by atoms with Crippen molar-refractivity contribution >= 4 is 38.4 Å². The van der Waals surface area contributed by atoms with Gasteiger partial charge in [-0.15, -0.1) is 0 Å². The Balaban J connectivity index is 1.88. The fourth-order valence-electron chi connectivity index (χ4n) is 3.35. The van der Waals surface area contributed by atoms with Crippen LogP contribution < -0.4 is 10.0 Å². The summed E-state index contributed by atoms with van der Waals surface area (Å²) in [5.41, 5.74) is -0.423. The SMILES string of the molecule is CCCS(=O)(=O)Nc1ccc(F)c(-c2ccc3cc(NCC(C)N(C)C(=O)O)ncc3c2)c1F. The summed E-state index contributed by atoms with van der Waals surface area (Å²) in [6, 6.07) is 8.33. The lowest BCUT2D eigenvalue weighted by molar-refractivity contribution is 0.144. The topological polar surface area (TPSA) is 112 Å². The number of nitrogens with one attached hydrogen (secondary N) is 2. The van der Waals surface area contributed by atoms with Crippen LogP contribution in [0.5, 0.6) is 0 Å². The Hall–Kier alpha value is -3.47. The molecule has 0 bridgehead atoms. The quantitative estimate of drug-likeness (QED) is 0.398. The summed E-state index contributed by atoms with van der Waals surface area (Å²) in [6.45, 7) is 3.79. The number of aromatic nitrogens is 1. The molecule has 11 heteroatoms. The molecule has 1 unspecified atom stereocenters. The van der Waals surface area contributed by atoms with Crippen LogP contribution in [0.2, 0.25) is 0 Å². The molecule has 0 aliphatic carbocycles. The molecule has 1 amide bonds. The van der Waals surface area contributed by atoms with Gasteiger partial charge in [-0.1, -0.05) is 19.1 Å². The molecular weight excluding hydrogens is 466 g/mol. The van der Waals surface area contributed by atoms with E-state index in [-0.39, 0.29) is 28.6 Å². The Labute approximate surface area is 196 Å². The van der Waals surface area contributed by atoms with Crippen molar-refractivity contribution < 1.29 is 27.1 Å². The first-order valence-corrected chi connectivity index (χ1v) is 12.3. The zero-order valence-corrected chi connectivity index (χ0v) is 19.8.